The number of aliphatic hydroxyl groups is 2. The maximum Gasteiger partial charge on any atom is 0.330 e. The van der Waals surface area contributed by atoms with Gasteiger partial charge < -0.3 is 20.4 Å². The van der Waals surface area contributed by atoms with Crippen molar-refractivity contribution >= 4 is 11.9 Å². The van der Waals surface area contributed by atoms with Crippen molar-refractivity contribution in [3.8, 4) is 0 Å². The minimum Gasteiger partial charge on any atom is -0.478 e. The van der Waals surface area contributed by atoms with Gasteiger partial charge in [-0.05, 0) is 54.4 Å². The molecule has 0 aromatic carbocycles. The number of carbonyl (C=O) groups is 2. The van der Waals surface area contributed by atoms with Crippen molar-refractivity contribution in [3.63, 3.8) is 0 Å². The van der Waals surface area contributed by atoms with Crippen molar-refractivity contribution in [2.24, 2.45) is 0 Å². The zero-order chi connectivity index (χ0) is 20.8. The molecule has 0 aromatic heterocycles. The third-order valence-electron chi connectivity index (χ3n) is 2.81. The molecular formula is C19H36O6. The average Bonchev–Trinajstić information content (AvgIpc) is 2.36. The third-order valence-corrected chi connectivity index (χ3v) is 2.81. The zero-order valence-corrected chi connectivity index (χ0v) is 16.6. The van der Waals surface area contributed by atoms with Crippen LogP contribution in [-0.2, 0) is 9.59 Å². The second-order valence-corrected chi connectivity index (χ2v) is 7.36. The molecule has 0 aliphatic rings. The number of hydrogen-bond donors (Lipinski definition) is 4. The highest BCUT2D eigenvalue weighted by molar-refractivity contribution is 5.85. The summed E-state index contributed by atoms with van der Waals surface area (Å²) in [5.41, 5.74) is -0.714. The molecule has 0 bridgehead atoms. The first-order chi connectivity index (χ1) is 11.0. The quantitative estimate of drug-likeness (QED) is 0.387. The Morgan fingerprint density at radius 1 is 0.720 bits per heavy atom. The van der Waals surface area contributed by atoms with E-state index in [1.54, 1.807) is 0 Å². The first-order valence-electron chi connectivity index (χ1n) is 8.22. The monoisotopic (exact) mass is 360 g/mol. The topological polar surface area (TPSA) is 115 Å². The maximum atomic E-state index is 9.60. The van der Waals surface area contributed by atoms with Crippen LogP contribution < -0.4 is 0 Å². The minimum atomic E-state index is -0.935. The lowest BCUT2D eigenvalue weighted by Crippen LogP contribution is -2.19. The predicted molar refractivity (Wildman–Crippen MR) is 101 cm³/mol. The van der Waals surface area contributed by atoms with Gasteiger partial charge in [0.25, 0.3) is 0 Å². The number of carboxylic acid groups (broad SMARTS) is 2. The molecule has 0 unspecified atom stereocenters. The molecule has 4 N–H and O–H groups in total. The minimum absolute atomic E-state index is 0.176. The molecule has 0 saturated carbocycles. The molecule has 0 fully saturated rings. The van der Waals surface area contributed by atoms with Crippen LogP contribution in [0.25, 0.3) is 0 Å². The summed E-state index contributed by atoms with van der Waals surface area (Å²) < 4.78 is 0. The smallest absolute Gasteiger partial charge is 0.330 e. The van der Waals surface area contributed by atoms with Gasteiger partial charge in [-0.3, -0.25) is 0 Å². The van der Waals surface area contributed by atoms with Crippen molar-refractivity contribution in [2.45, 2.75) is 84.8 Å². The van der Waals surface area contributed by atoms with Crippen LogP contribution in [0.3, 0.4) is 0 Å². The molecule has 0 aromatic rings. The second-order valence-electron chi connectivity index (χ2n) is 7.36. The Labute approximate surface area is 151 Å². The highest BCUT2D eigenvalue weighted by Crippen LogP contribution is 2.17. The van der Waals surface area contributed by atoms with E-state index >= 15 is 0 Å². The van der Waals surface area contributed by atoms with E-state index < -0.39 is 23.1 Å². The summed E-state index contributed by atoms with van der Waals surface area (Å²) in [7, 11) is 0. The fourth-order valence-electron chi connectivity index (χ4n) is 1.29. The van der Waals surface area contributed by atoms with E-state index in [4.69, 9.17) is 10.2 Å². The lowest BCUT2D eigenvalue weighted by atomic mass is 9.97. The van der Waals surface area contributed by atoms with E-state index in [1.807, 2.05) is 27.7 Å². The largest absolute Gasteiger partial charge is 0.478 e. The Hall–Kier alpha value is -1.66. The van der Waals surface area contributed by atoms with Crippen molar-refractivity contribution in [1.29, 1.82) is 0 Å². The van der Waals surface area contributed by atoms with Gasteiger partial charge in [0.05, 0.1) is 11.2 Å². The first-order valence-corrected chi connectivity index (χ1v) is 8.22. The molecule has 0 saturated heterocycles. The summed E-state index contributed by atoms with van der Waals surface area (Å²) in [5.74, 6) is -1.87. The zero-order valence-electron chi connectivity index (χ0n) is 16.6. The molecule has 6 nitrogen and oxygen atoms in total. The average molecular weight is 360 g/mol. The van der Waals surface area contributed by atoms with Crippen LogP contribution in [0.2, 0.25) is 0 Å². The van der Waals surface area contributed by atoms with E-state index in [0.29, 0.717) is 0 Å². The Morgan fingerprint density at radius 3 is 1.04 bits per heavy atom. The van der Waals surface area contributed by atoms with E-state index in [-0.39, 0.29) is 11.1 Å². The van der Waals surface area contributed by atoms with Gasteiger partial charge in [0.2, 0.25) is 0 Å². The van der Waals surface area contributed by atoms with Gasteiger partial charge in [-0.1, -0.05) is 32.4 Å². The van der Waals surface area contributed by atoms with E-state index in [9.17, 15) is 19.8 Å². The fraction of sp³-hybridized carbons (Fsp3) is 0.684. The van der Waals surface area contributed by atoms with Crippen LogP contribution in [0.15, 0.2) is 24.3 Å². The first kappa shape index (κ1) is 28.2. The number of unbranched alkanes of at least 4 members (excludes halogenated alkanes) is 2. The fourth-order valence-corrected chi connectivity index (χ4v) is 1.29. The van der Waals surface area contributed by atoms with Crippen molar-refractivity contribution in [2.75, 3.05) is 0 Å². The van der Waals surface area contributed by atoms with Crippen LogP contribution in [0.1, 0.15) is 73.6 Å². The molecule has 6 heteroatoms. The molecule has 0 rings (SSSR count). The Balaban J connectivity index is -0.000000336. The lowest BCUT2D eigenvalue weighted by molar-refractivity contribution is -0.133. The van der Waals surface area contributed by atoms with Crippen LogP contribution in [-0.4, -0.2) is 43.6 Å². The molecule has 0 amide bonds. The van der Waals surface area contributed by atoms with Crippen LogP contribution in [0.4, 0.5) is 0 Å². The summed E-state index contributed by atoms with van der Waals surface area (Å²) in [6.07, 6.45) is 4.87. The second kappa shape index (κ2) is 13.6. The Kier molecular flexibility index (Phi) is 15.3. The van der Waals surface area contributed by atoms with E-state index in [2.05, 4.69) is 13.2 Å². The van der Waals surface area contributed by atoms with Crippen molar-refractivity contribution in [1.82, 2.24) is 0 Å². The molecule has 0 aliphatic heterocycles. The number of rotatable bonds is 8. The lowest BCUT2D eigenvalue weighted by Gasteiger charge is -2.18. The van der Waals surface area contributed by atoms with Gasteiger partial charge in [-0.25, -0.2) is 9.59 Å². The van der Waals surface area contributed by atoms with Gasteiger partial charge in [0.15, 0.2) is 0 Å². The van der Waals surface area contributed by atoms with Crippen LogP contribution in [0, 0.1) is 0 Å². The van der Waals surface area contributed by atoms with Crippen LogP contribution >= 0.6 is 0 Å². The summed E-state index contributed by atoms with van der Waals surface area (Å²) in [6, 6.07) is 0. The SMILES string of the molecule is C=C(C)C(=O)O.C=C(C)C(=O)O.CC(C)(O)CCCCCC(C)(C)O. The number of carboxylic acids is 2. The third kappa shape index (κ3) is 34.6. The highest BCUT2D eigenvalue weighted by atomic mass is 16.4. The predicted octanol–water partition coefficient (Wildman–Crippen LogP) is 3.77. The molecule has 0 radical (unpaired) electrons. The summed E-state index contributed by atoms with van der Waals surface area (Å²) in [4.78, 5) is 19.2. The van der Waals surface area contributed by atoms with Gasteiger partial charge in [-0.15, -0.1) is 0 Å². The molecule has 0 heterocycles. The van der Waals surface area contributed by atoms with E-state index in [0.717, 1.165) is 32.1 Å². The van der Waals surface area contributed by atoms with Gasteiger partial charge in [0, 0.05) is 11.1 Å². The molecular weight excluding hydrogens is 324 g/mol. The number of aliphatic carboxylic acids is 2. The summed E-state index contributed by atoms with van der Waals surface area (Å²) in [5, 5.41) is 34.6. The summed E-state index contributed by atoms with van der Waals surface area (Å²) in [6.45, 7) is 16.5. The Morgan fingerprint density at radius 2 is 0.920 bits per heavy atom. The summed E-state index contributed by atoms with van der Waals surface area (Å²) >= 11 is 0. The van der Waals surface area contributed by atoms with Gasteiger partial charge in [0.1, 0.15) is 0 Å². The van der Waals surface area contributed by atoms with Gasteiger partial charge in [-0.2, -0.15) is 0 Å². The van der Waals surface area contributed by atoms with Crippen molar-refractivity contribution in [3.05, 3.63) is 24.3 Å². The van der Waals surface area contributed by atoms with Crippen LogP contribution in [0.5, 0.6) is 0 Å². The molecule has 0 atom stereocenters. The molecule has 0 spiro atoms. The normalized spacial score (nSPS) is 10.6. The highest BCUT2D eigenvalue weighted by Gasteiger charge is 2.13. The van der Waals surface area contributed by atoms with Gasteiger partial charge >= 0.3 is 11.9 Å². The maximum absolute atomic E-state index is 9.60. The standard InChI is InChI=1S/C11H24O2.2C4H6O2/c1-10(2,12)8-6-5-7-9-11(3,4)13;2*1-3(2)4(5)6/h12-13H,5-9H2,1-4H3;2*1H2,2H3,(H,5,6). The number of hydrogen-bond acceptors (Lipinski definition) is 4. The van der Waals surface area contributed by atoms with E-state index in [1.165, 1.54) is 13.8 Å². The molecule has 148 valence electrons. The Bertz CT molecular complexity index is 360. The molecule has 0 aliphatic carbocycles. The van der Waals surface area contributed by atoms with Crippen molar-refractivity contribution < 1.29 is 30.0 Å². The molecule has 25 heavy (non-hydrogen) atoms.